The van der Waals surface area contributed by atoms with E-state index in [1.54, 1.807) is 38.5 Å². The van der Waals surface area contributed by atoms with Crippen molar-refractivity contribution in [2.75, 3.05) is 55.7 Å². The van der Waals surface area contributed by atoms with Crippen LogP contribution < -0.4 is 33.6 Å². The summed E-state index contributed by atoms with van der Waals surface area (Å²) in [5.41, 5.74) is 7.51. The largest absolute Gasteiger partial charge is 0.493 e. The Kier molecular flexibility index (Phi) is 9.94. The van der Waals surface area contributed by atoms with Crippen LogP contribution in [-0.4, -0.2) is 77.4 Å². The molecular weight excluding hydrogens is 707 g/mol. The fourth-order valence-electron chi connectivity index (χ4n) is 8.04. The minimum Gasteiger partial charge on any atom is -0.493 e. The molecule has 11 nitrogen and oxygen atoms in total. The highest BCUT2D eigenvalue weighted by atomic mass is 16.5. The SMILES string of the molecule is COc1cc2c(cc1OCCCOc1cc3c(cc1OC)C(=O)N1c4cc(N(C)CCCC(C)(C)C)ccc4C[C@H]1C=N3)N=C[C@@H]1Cc3ccccc3N1C2=O. The Bertz CT molecular complexity index is 2240. The Hall–Kier alpha value is -5.84. The lowest BCUT2D eigenvalue weighted by Gasteiger charge is -2.25. The smallest absolute Gasteiger partial charge is 0.261 e. The van der Waals surface area contributed by atoms with Crippen LogP contribution in [0.2, 0.25) is 0 Å². The number of aliphatic imine (C=N–C) groups is 2. The number of fused-ring (bicyclic) bond motifs is 8. The molecule has 4 aliphatic rings. The lowest BCUT2D eigenvalue weighted by atomic mass is 9.90. The minimum absolute atomic E-state index is 0.113. The predicted octanol–water partition coefficient (Wildman–Crippen LogP) is 8.39. The molecular formula is C45H49N5O6. The van der Waals surface area contributed by atoms with Gasteiger partial charge in [-0.2, -0.15) is 0 Å². The summed E-state index contributed by atoms with van der Waals surface area (Å²) in [6.45, 7) is 8.40. The van der Waals surface area contributed by atoms with Crippen LogP contribution >= 0.6 is 0 Å². The van der Waals surface area contributed by atoms with Gasteiger partial charge in [-0.25, -0.2) is 0 Å². The van der Waals surface area contributed by atoms with E-state index in [1.807, 2.05) is 40.4 Å². The molecule has 0 aliphatic carbocycles. The average molecular weight is 756 g/mol. The maximum absolute atomic E-state index is 14.2. The van der Waals surface area contributed by atoms with E-state index in [0.717, 1.165) is 54.0 Å². The van der Waals surface area contributed by atoms with Gasteiger partial charge in [-0.1, -0.05) is 45.0 Å². The Morgan fingerprint density at radius 1 is 0.696 bits per heavy atom. The molecule has 2 amide bonds. The summed E-state index contributed by atoms with van der Waals surface area (Å²) in [5.74, 6) is 1.67. The molecule has 4 aromatic rings. The van der Waals surface area contributed by atoms with E-state index in [0.29, 0.717) is 77.0 Å². The third kappa shape index (κ3) is 7.06. The van der Waals surface area contributed by atoms with Crippen molar-refractivity contribution in [1.82, 2.24) is 0 Å². The molecule has 8 rings (SSSR count). The number of carbonyl (C=O) groups excluding carboxylic acids is 2. The highest BCUT2D eigenvalue weighted by Crippen LogP contribution is 2.43. The highest BCUT2D eigenvalue weighted by Gasteiger charge is 2.38. The van der Waals surface area contributed by atoms with Crippen LogP contribution in [0.25, 0.3) is 0 Å². The summed E-state index contributed by atoms with van der Waals surface area (Å²) in [6.07, 6.45) is 7.92. The van der Waals surface area contributed by atoms with Crippen molar-refractivity contribution in [2.24, 2.45) is 15.4 Å². The van der Waals surface area contributed by atoms with Gasteiger partial charge in [0.25, 0.3) is 11.8 Å². The van der Waals surface area contributed by atoms with Crippen LogP contribution in [-0.2, 0) is 12.8 Å². The van der Waals surface area contributed by atoms with Crippen LogP contribution in [0.15, 0.2) is 76.7 Å². The summed E-state index contributed by atoms with van der Waals surface area (Å²) in [7, 11) is 5.24. The van der Waals surface area contributed by atoms with Crippen molar-refractivity contribution in [2.45, 2.75) is 65.0 Å². The second-order valence-corrected chi connectivity index (χ2v) is 16.1. The molecule has 0 N–H and O–H groups in total. The van der Waals surface area contributed by atoms with Crippen LogP contribution in [0, 0.1) is 5.41 Å². The van der Waals surface area contributed by atoms with Crippen molar-refractivity contribution >= 4 is 52.7 Å². The van der Waals surface area contributed by atoms with Gasteiger partial charge >= 0.3 is 0 Å². The zero-order chi connectivity index (χ0) is 39.1. The number of benzene rings is 4. The molecule has 4 heterocycles. The Balaban J connectivity index is 0.921. The minimum atomic E-state index is -0.179. The molecule has 0 saturated heterocycles. The van der Waals surface area contributed by atoms with Gasteiger partial charge in [-0.15, -0.1) is 0 Å². The first kappa shape index (κ1) is 37.1. The monoisotopic (exact) mass is 755 g/mol. The first-order valence-corrected chi connectivity index (χ1v) is 19.4. The normalized spacial score (nSPS) is 17.6. The fraction of sp³-hybridized carbons (Fsp3) is 0.378. The molecule has 0 spiro atoms. The summed E-state index contributed by atoms with van der Waals surface area (Å²) < 4.78 is 23.7. The van der Waals surface area contributed by atoms with Crippen LogP contribution in [0.5, 0.6) is 23.0 Å². The van der Waals surface area contributed by atoms with Crippen molar-refractivity contribution in [3.05, 3.63) is 89.0 Å². The third-order valence-electron chi connectivity index (χ3n) is 11.0. The molecule has 0 unspecified atom stereocenters. The summed E-state index contributed by atoms with van der Waals surface area (Å²) >= 11 is 0. The second kappa shape index (κ2) is 15.0. The van der Waals surface area contributed by atoms with Crippen LogP contribution in [0.1, 0.15) is 71.9 Å². The van der Waals surface area contributed by atoms with E-state index in [2.05, 4.69) is 57.0 Å². The van der Waals surface area contributed by atoms with Gasteiger partial charge in [0.05, 0.1) is 67.7 Å². The number of carbonyl (C=O) groups is 2. The van der Waals surface area contributed by atoms with E-state index in [-0.39, 0.29) is 23.9 Å². The molecule has 4 aliphatic heterocycles. The van der Waals surface area contributed by atoms with Gasteiger partial charge in [0.2, 0.25) is 0 Å². The standard InChI is InChI=1S/C45H49N5O6/c1-45(2,3)15-9-16-48(4)30-14-13-29-20-32-27-47-36-25-42(40(54-6)23-34(36)44(52)50(32)38(29)21-30)56-18-10-17-55-41-24-35-33(22-39(41)53-5)43(51)49-31(26-46-35)19-28-11-7-8-12-37(28)49/h7-8,11-14,21-27,31-32H,9-10,15-20H2,1-6H3/t31-,32-/m0/s1. The van der Waals surface area contributed by atoms with Gasteiger partial charge < -0.3 is 23.8 Å². The van der Waals surface area contributed by atoms with Gasteiger partial charge in [-0.3, -0.25) is 29.4 Å². The number of para-hydroxylation sites is 1. The van der Waals surface area contributed by atoms with E-state index in [9.17, 15) is 9.59 Å². The maximum Gasteiger partial charge on any atom is 0.261 e. The molecule has 0 fully saturated rings. The van der Waals surface area contributed by atoms with Gasteiger partial charge in [0.15, 0.2) is 23.0 Å². The zero-order valence-corrected chi connectivity index (χ0v) is 33.0. The van der Waals surface area contributed by atoms with Crippen LogP contribution in [0.3, 0.4) is 0 Å². The molecule has 0 saturated carbocycles. The third-order valence-corrected chi connectivity index (χ3v) is 11.0. The molecule has 4 aromatic carbocycles. The van der Waals surface area contributed by atoms with Gasteiger partial charge in [0, 0.05) is 68.8 Å². The number of hydrogen-bond acceptors (Lipinski definition) is 9. The van der Waals surface area contributed by atoms with Crippen LogP contribution in [0.4, 0.5) is 28.4 Å². The lowest BCUT2D eigenvalue weighted by molar-refractivity contribution is 0.0978. The Labute approximate surface area is 328 Å². The van der Waals surface area contributed by atoms with Crippen molar-refractivity contribution in [1.29, 1.82) is 0 Å². The molecule has 290 valence electrons. The second-order valence-electron chi connectivity index (χ2n) is 16.1. The number of ether oxygens (including phenoxy) is 4. The van der Waals surface area contributed by atoms with Crippen molar-refractivity contribution < 1.29 is 28.5 Å². The predicted molar refractivity (Wildman–Crippen MR) is 221 cm³/mol. The number of anilines is 3. The molecule has 0 radical (unpaired) electrons. The number of amides is 2. The zero-order valence-electron chi connectivity index (χ0n) is 33.0. The molecule has 0 bridgehead atoms. The van der Waals surface area contributed by atoms with Gasteiger partial charge in [-0.05, 0) is 59.7 Å². The molecule has 11 heteroatoms. The van der Waals surface area contributed by atoms with E-state index < -0.39 is 0 Å². The van der Waals surface area contributed by atoms with Gasteiger partial charge in [0.1, 0.15) is 0 Å². The Morgan fingerprint density at radius 2 is 1.25 bits per heavy atom. The number of methoxy groups -OCH3 is 2. The summed E-state index contributed by atoms with van der Waals surface area (Å²) in [4.78, 5) is 43.4. The number of hydrogen-bond donors (Lipinski definition) is 0. The van der Waals surface area contributed by atoms with E-state index >= 15 is 0 Å². The quantitative estimate of drug-likeness (QED) is 0.134. The average Bonchev–Trinajstić information content (AvgIpc) is 3.67. The number of rotatable bonds is 12. The molecule has 2 atom stereocenters. The van der Waals surface area contributed by atoms with Crippen molar-refractivity contribution in [3.8, 4) is 23.0 Å². The molecule has 56 heavy (non-hydrogen) atoms. The first-order valence-electron chi connectivity index (χ1n) is 19.4. The highest BCUT2D eigenvalue weighted by molar-refractivity contribution is 6.16. The first-order chi connectivity index (χ1) is 27.0. The Morgan fingerprint density at radius 3 is 1.82 bits per heavy atom. The maximum atomic E-state index is 14.2. The summed E-state index contributed by atoms with van der Waals surface area (Å²) in [6, 6.07) is 21.1. The molecule has 0 aromatic heterocycles. The number of nitrogens with zero attached hydrogens (tertiary/aromatic N) is 5. The van der Waals surface area contributed by atoms with E-state index in [4.69, 9.17) is 28.9 Å². The topological polar surface area (TPSA) is 106 Å². The van der Waals surface area contributed by atoms with Crippen molar-refractivity contribution in [3.63, 3.8) is 0 Å². The fourth-order valence-corrected chi connectivity index (χ4v) is 8.04. The lowest BCUT2D eigenvalue weighted by Crippen LogP contribution is -2.37. The van der Waals surface area contributed by atoms with E-state index in [1.165, 1.54) is 0 Å². The summed E-state index contributed by atoms with van der Waals surface area (Å²) in [5, 5.41) is 0.